The molecule has 0 radical (unpaired) electrons. The highest BCUT2D eigenvalue weighted by atomic mass is 16.5. The van der Waals surface area contributed by atoms with Gasteiger partial charge in [0.15, 0.2) is 0 Å². The van der Waals surface area contributed by atoms with Crippen molar-refractivity contribution in [2.24, 2.45) is 0 Å². The highest BCUT2D eigenvalue weighted by Crippen LogP contribution is 2.15. The van der Waals surface area contributed by atoms with Crippen LogP contribution in [0.5, 0.6) is 5.88 Å². The van der Waals surface area contributed by atoms with Crippen molar-refractivity contribution >= 4 is 11.7 Å². The van der Waals surface area contributed by atoms with Crippen LogP contribution in [-0.2, 0) is 6.54 Å². The largest absolute Gasteiger partial charge is 0.481 e. The van der Waals surface area contributed by atoms with Crippen molar-refractivity contribution in [3.63, 3.8) is 0 Å². The second-order valence-corrected chi connectivity index (χ2v) is 5.91. The Morgan fingerprint density at radius 3 is 2.80 bits per heavy atom. The van der Waals surface area contributed by atoms with Crippen molar-refractivity contribution in [1.82, 2.24) is 25.2 Å². The van der Waals surface area contributed by atoms with Crippen LogP contribution < -0.4 is 15.0 Å². The van der Waals surface area contributed by atoms with Crippen molar-refractivity contribution in [3.8, 4) is 5.88 Å². The van der Waals surface area contributed by atoms with Crippen molar-refractivity contribution in [3.05, 3.63) is 42.0 Å². The summed E-state index contributed by atoms with van der Waals surface area (Å²) in [6, 6.07) is 5.41. The van der Waals surface area contributed by atoms with E-state index in [1.54, 1.807) is 25.4 Å². The molecule has 2 aromatic heterocycles. The fraction of sp³-hybridized carbons (Fsp3) is 0.412. The lowest BCUT2D eigenvalue weighted by Gasteiger charge is -2.33. The minimum absolute atomic E-state index is 0.247. The minimum Gasteiger partial charge on any atom is -0.481 e. The van der Waals surface area contributed by atoms with Crippen LogP contribution in [-0.4, -0.2) is 66.1 Å². The fourth-order valence-corrected chi connectivity index (χ4v) is 2.69. The van der Waals surface area contributed by atoms with Gasteiger partial charge in [-0.05, 0) is 13.1 Å². The molecule has 1 saturated heterocycles. The molecular weight excluding hydrogens is 320 g/mol. The molecule has 0 atom stereocenters. The van der Waals surface area contributed by atoms with Gasteiger partial charge in [-0.25, -0.2) is 15.0 Å². The number of carbonyl (C=O) groups is 1. The third-order valence-corrected chi connectivity index (χ3v) is 4.20. The molecule has 0 spiro atoms. The van der Waals surface area contributed by atoms with Crippen molar-refractivity contribution in [2.45, 2.75) is 6.54 Å². The van der Waals surface area contributed by atoms with Crippen LogP contribution in [0.1, 0.15) is 16.1 Å². The number of nitrogens with zero attached hydrogens (tertiary/aromatic N) is 5. The van der Waals surface area contributed by atoms with Gasteiger partial charge in [-0.1, -0.05) is 6.07 Å². The maximum atomic E-state index is 12.4. The molecule has 0 aromatic carbocycles. The number of ether oxygens (including phenoxy) is 1. The number of anilines is 1. The Labute approximate surface area is 146 Å². The van der Waals surface area contributed by atoms with E-state index in [0.717, 1.165) is 37.6 Å². The number of amides is 1. The number of carbonyl (C=O) groups excluding carboxylic acids is 1. The van der Waals surface area contributed by atoms with Gasteiger partial charge >= 0.3 is 0 Å². The minimum atomic E-state index is -0.247. The summed E-state index contributed by atoms with van der Waals surface area (Å²) in [7, 11) is 3.66. The Balaban J connectivity index is 1.65. The highest BCUT2D eigenvalue weighted by Gasteiger charge is 2.17. The molecule has 3 heterocycles. The quantitative estimate of drug-likeness (QED) is 0.850. The maximum Gasteiger partial charge on any atom is 0.270 e. The summed E-state index contributed by atoms with van der Waals surface area (Å²) in [6.45, 7) is 4.06. The number of piperazine rings is 1. The summed E-state index contributed by atoms with van der Waals surface area (Å²) in [4.78, 5) is 29.4. The van der Waals surface area contributed by atoms with E-state index < -0.39 is 0 Å². The molecule has 1 aliphatic heterocycles. The van der Waals surface area contributed by atoms with E-state index in [4.69, 9.17) is 4.74 Å². The summed E-state index contributed by atoms with van der Waals surface area (Å²) in [5.74, 6) is 1.04. The van der Waals surface area contributed by atoms with Gasteiger partial charge in [0.1, 0.15) is 17.8 Å². The summed E-state index contributed by atoms with van der Waals surface area (Å²) in [6.07, 6.45) is 3.09. The molecule has 2 aromatic rings. The van der Waals surface area contributed by atoms with E-state index in [1.165, 1.54) is 6.33 Å². The molecule has 1 amide bonds. The molecule has 25 heavy (non-hydrogen) atoms. The average molecular weight is 342 g/mol. The molecular formula is C17H22N6O2. The van der Waals surface area contributed by atoms with Crippen LogP contribution in [0.15, 0.2) is 30.7 Å². The molecule has 3 rings (SSSR count). The van der Waals surface area contributed by atoms with Gasteiger partial charge in [0.05, 0.1) is 7.11 Å². The fourth-order valence-electron chi connectivity index (χ4n) is 2.69. The Morgan fingerprint density at radius 1 is 1.24 bits per heavy atom. The van der Waals surface area contributed by atoms with E-state index >= 15 is 0 Å². The number of hydrogen-bond donors (Lipinski definition) is 1. The molecule has 1 aliphatic rings. The monoisotopic (exact) mass is 342 g/mol. The first kappa shape index (κ1) is 17.1. The van der Waals surface area contributed by atoms with E-state index in [-0.39, 0.29) is 5.91 Å². The predicted molar refractivity (Wildman–Crippen MR) is 93.7 cm³/mol. The van der Waals surface area contributed by atoms with E-state index in [9.17, 15) is 4.79 Å². The lowest BCUT2D eigenvalue weighted by molar-refractivity contribution is 0.0945. The number of aromatic nitrogens is 3. The van der Waals surface area contributed by atoms with Crippen molar-refractivity contribution in [1.29, 1.82) is 0 Å². The van der Waals surface area contributed by atoms with Crippen LogP contribution in [0.25, 0.3) is 0 Å². The summed E-state index contributed by atoms with van der Waals surface area (Å²) < 4.78 is 5.19. The zero-order valence-corrected chi connectivity index (χ0v) is 14.5. The van der Waals surface area contributed by atoms with Gasteiger partial charge in [-0.2, -0.15) is 0 Å². The second-order valence-electron chi connectivity index (χ2n) is 5.91. The average Bonchev–Trinajstić information content (AvgIpc) is 2.67. The zero-order chi connectivity index (χ0) is 17.6. The van der Waals surface area contributed by atoms with Crippen molar-refractivity contribution < 1.29 is 9.53 Å². The normalized spacial score (nSPS) is 15.0. The molecule has 8 nitrogen and oxygen atoms in total. The molecule has 0 unspecified atom stereocenters. The Morgan fingerprint density at radius 2 is 2.04 bits per heavy atom. The van der Waals surface area contributed by atoms with Gasteiger partial charge in [0.2, 0.25) is 5.88 Å². The van der Waals surface area contributed by atoms with Gasteiger partial charge in [-0.3, -0.25) is 4.79 Å². The maximum absolute atomic E-state index is 12.4. The van der Waals surface area contributed by atoms with E-state index in [0.29, 0.717) is 18.1 Å². The second kappa shape index (κ2) is 7.89. The lowest BCUT2D eigenvalue weighted by Crippen LogP contribution is -2.44. The first-order valence-electron chi connectivity index (χ1n) is 8.19. The Hall–Kier alpha value is -2.74. The van der Waals surface area contributed by atoms with Crippen LogP contribution >= 0.6 is 0 Å². The third-order valence-electron chi connectivity index (χ3n) is 4.20. The number of pyridine rings is 1. The van der Waals surface area contributed by atoms with Gasteiger partial charge < -0.3 is 19.9 Å². The van der Waals surface area contributed by atoms with E-state index in [1.807, 2.05) is 6.07 Å². The topological polar surface area (TPSA) is 83.5 Å². The van der Waals surface area contributed by atoms with E-state index in [2.05, 4.69) is 37.1 Å². The third kappa shape index (κ3) is 4.21. The Bertz CT molecular complexity index is 731. The lowest BCUT2D eigenvalue weighted by atomic mass is 10.2. The number of likely N-dealkylation sites (N-methyl/N-ethyl adjacent to an activating group) is 1. The number of hydrogen-bond acceptors (Lipinski definition) is 7. The summed E-state index contributed by atoms with van der Waals surface area (Å²) in [5.41, 5.74) is 1.17. The predicted octanol–water partition coefficient (Wildman–Crippen LogP) is 0.562. The number of nitrogens with one attached hydrogen (secondary N) is 1. The van der Waals surface area contributed by atoms with Gasteiger partial charge in [0, 0.05) is 50.6 Å². The van der Waals surface area contributed by atoms with Gasteiger partial charge in [0.25, 0.3) is 5.91 Å². The molecule has 132 valence electrons. The first-order valence-corrected chi connectivity index (χ1v) is 8.19. The first-order chi connectivity index (χ1) is 12.2. The molecule has 1 fully saturated rings. The molecule has 8 heteroatoms. The van der Waals surface area contributed by atoms with Crippen LogP contribution in [0.4, 0.5) is 5.82 Å². The molecule has 0 aliphatic carbocycles. The zero-order valence-electron chi connectivity index (χ0n) is 14.5. The smallest absolute Gasteiger partial charge is 0.270 e. The highest BCUT2D eigenvalue weighted by molar-refractivity contribution is 5.92. The summed E-state index contributed by atoms with van der Waals surface area (Å²) >= 11 is 0. The van der Waals surface area contributed by atoms with Crippen molar-refractivity contribution in [2.75, 3.05) is 45.2 Å². The van der Waals surface area contributed by atoms with Gasteiger partial charge in [-0.15, -0.1) is 0 Å². The van der Waals surface area contributed by atoms with Crippen LogP contribution in [0.2, 0.25) is 0 Å². The molecule has 0 saturated carbocycles. The van der Waals surface area contributed by atoms with Crippen LogP contribution in [0.3, 0.4) is 0 Å². The Kier molecular flexibility index (Phi) is 5.39. The molecule has 1 N–H and O–H groups in total. The SMILES string of the molecule is COc1ncccc1CNC(=O)c1cc(N2CCN(C)CC2)ncn1. The standard InChI is InChI=1S/C17H22N6O2/c1-22-6-8-23(9-7-22)15-10-14(20-12-21-15)16(24)19-11-13-4-3-5-18-17(13)25-2/h3-5,10,12H,6-9,11H2,1-2H3,(H,19,24). The number of methoxy groups -OCH3 is 1. The summed E-state index contributed by atoms with van der Waals surface area (Å²) in [5, 5.41) is 2.85. The number of rotatable bonds is 5. The van der Waals surface area contributed by atoms with Crippen LogP contribution in [0, 0.1) is 0 Å². The molecule has 0 bridgehead atoms.